The first-order valence-corrected chi connectivity index (χ1v) is 11.0. The van der Waals surface area contributed by atoms with Crippen LogP contribution in [0.15, 0.2) is 38.4 Å². The minimum atomic E-state index is -0.272. The van der Waals surface area contributed by atoms with E-state index in [9.17, 15) is 4.79 Å². The van der Waals surface area contributed by atoms with Crippen LogP contribution in [0.3, 0.4) is 0 Å². The van der Waals surface area contributed by atoms with E-state index in [0.29, 0.717) is 22.2 Å². The first-order valence-electron chi connectivity index (χ1n) is 8.32. The van der Waals surface area contributed by atoms with E-state index in [1.54, 1.807) is 23.1 Å². The van der Waals surface area contributed by atoms with Gasteiger partial charge in [-0.05, 0) is 26.8 Å². The molecule has 0 spiro atoms. The van der Waals surface area contributed by atoms with Gasteiger partial charge in [-0.1, -0.05) is 30.0 Å². The number of para-hydroxylation sites is 1. The Morgan fingerprint density at radius 2 is 2.04 bits per heavy atom. The van der Waals surface area contributed by atoms with Gasteiger partial charge >= 0.3 is 0 Å². The van der Waals surface area contributed by atoms with E-state index in [0.717, 1.165) is 31.6 Å². The van der Waals surface area contributed by atoms with Crippen molar-refractivity contribution in [1.82, 2.24) is 9.97 Å². The van der Waals surface area contributed by atoms with Crippen molar-refractivity contribution in [3.8, 4) is 0 Å². The second kappa shape index (κ2) is 7.46. The number of rotatable bonds is 5. The first kappa shape index (κ1) is 18.2. The van der Waals surface area contributed by atoms with Crippen molar-refractivity contribution in [1.29, 1.82) is 0 Å². The number of carbonyl (C=O) groups excluding carboxylic acids is 1. The molecule has 1 aromatic carbocycles. The number of benzene rings is 1. The SMILES string of the molecule is Cc1csc(SCc2c(C(=O)Nc3nc(C)c(C)s3)oc3ccccc23)n1. The van der Waals surface area contributed by atoms with Crippen LogP contribution in [0.4, 0.5) is 5.13 Å². The molecule has 4 aromatic rings. The lowest BCUT2D eigenvalue weighted by Crippen LogP contribution is -2.12. The summed E-state index contributed by atoms with van der Waals surface area (Å²) >= 11 is 4.69. The Hall–Kier alpha value is -2.16. The van der Waals surface area contributed by atoms with Gasteiger partial charge in [0.05, 0.1) is 5.69 Å². The fourth-order valence-electron chi connectivity index (χ4n) is 2.64. The number of amides is 1. The second-order valence-corrected chi connectivity index (χ2v) is 9.35. The summed E-state index contributed by atoms with van der Waals surface area (Å²) in [7, 11) is 0. The van der Waals surface area contributed by atoms with Crippen LogP contribution in [-0.2, 0) is 5.75 Å². The molecule has 138 valence electrons. The van der Waals surface area contributed by atoms with E-state index in [4.69, 9.17) is 4.42 Å². The molecule has 0 radical (unpaired) electrons. The van der Waals surface area contributed by atoms with Crippen molar-refractivity contribution in [2.45, 2.75) is 30.9 Å². The Balaban J connectivity index is 1.65. The molecule has 0 unspecified atom stereocenters. The molecular weight excluding hydrogens is 398 g/mol. The van der Waals surface area contributed by atoms with E-state index < -0.39 is 0 Å². The lowest BCUT2D eigenvalue weighted by molar-refractivity contribution is 0.0998. The second-order valence-electron chi connectivity index (χ2n) is 6.06. The van der Waals surface area contributed by atoms with Crippen LogP contribution in [0, 0.1) is 20.8 Å². The number of furan rings is 1. The topological polar surface area (TPSA) is 68.0 Å². The highest BCUT2D eigenvalue weighted by molar-refractivity contribution is 8.00. The maximum atomic E-state index is 12.9. The van der Waals surface area contributed by atoms with Crippen molar-refractivity contribution in [2.24, 2.45) is 0 Å². The molecule has 0 bridgehead atoms. The normalized spacial score (nSPS) is 11.2. The van der Waals surface area contributed by atoms with Crippen LogP contribution in [0.1, 0.15) is 32.4 Å². The number of aromatic nitrogens is 2. The van der Waals surface area contributed by atoms with Crippen molar-refractivity contribution in [3.05, 3.63) is 57.2 Å². The predicted molar refractivity (Wildman–Crippen MR) is 112 cm³/mol. The molecule has 4 rings (SSSR count). The molecule has 3 heterocycles. The van der Waals surface area contributed by atoms with Crippen LogP contribution < -0.4 is 5.32 Å². The van der Waals surface area contributed by atoms with Gasteiger partial charge in [-0.15, -0.1) is 22.7 Å². The number of carbonyl (C=O) groups is 1. The molecule has 27 heavy (non-hydrogen) atoms. The Morgan fingerprint density at radius 1 is 1.22 bits per heavy atom. The number of aryl methyl sites for hydroxylation is 3. The summed E-state index contributed by atoms with van der Waals surface area (Å²) in [5.41, 5.74) is 3.52. The van der Waals surface area contributed by atoms with E-state index >= 15 is 0 Å². The molecular formula is C19H17N3O2S3. The number of thioether (sulfide) groups is 1. The van der Waals surface area contributed by atoms with Crippen molar-refractivity contribution < 1.29 is 9.21 Å². The number of hydrogen-bond acceptors (Lipinski definition) is 7. The first-order chi connectivity index (χ1) is 13.0. The van der Waals surface area contributed by atoms with Crippen molar-refractivity contribution in [2.75, 3.05) is 5.32 Å². The summed E-state index contributed by atoms with van der Waals surface area (Å²) in [5.74, 6) is 0.677. The third-order valence-corrected chi connectivity index (χ3v) is 7.25. The molecule has 0 saturated carbocycles. The van der Waals surface area contributed by atoms with Crippen LogP contribution in [0.5, 0.6) is 0 Å². The van der Waals surface area contributed by atoms with E-state index in [2.05, 4.69) is 15.3 Å². The summed E-state index contributed by atoms with van der Waals surface area (Å²) in [6.45, 7) is 5.90. The van der Waals surface area contributed by atoms with Crippen LogP contribution in [0.2, 0.25) is 0 Å². The van der Waals surface area contributed by atoms with Crippen molar-refractivity contribution in [3.63, 3.8) is 0 Å². The summed E-state index contributed by atoms with van der Waals surface area (Å²) in [5, 5.41) is 6.44. The maximum Gasteiger partial charge on any atom is 0.293 e. The van der Waals surface area contributed by atoms with Gasteiger partial charge in [-0.2, -0.15) is 0 Å². The van der Waals surface area contributed by atoms with Gasteiger partial charge in [0.1, 0.15) is 9.92 Å². The summed E-state index contributed by atoms with van der Waals surface area (Å²) < 4.78 is 6.88. The zero-order valence-electron chi connectivity index (χ0n) is 15.0. The molecule has 0 atom stereocenters. The number of anilines is 1. The van der Waals surface area contributed by atoms with E-state index in [-0.39, 0.29) is 5.91 Å². The minimum Gasteiger partial charge on any atom is -0.451 e. The number of hydrogen-bond donors (Lipinski definition) is 1. The number of thiazole rings is 2. The molecule has 0 aliphatic carbocycles. The van der Waals surface area contributed by atoms with Gasteiger partial charge in [0.2, 0.25) is 0 Å². The Kier molecular flexibility index (Phi) is 5.03. The lowest BCUT2D eigenvalue weighted by Gasteiger charge is -2.02. The number of nitrogens with zero attached hydrogens (tertiary/aromatic N) is 2. The quantitative estimate of drug-likeness (QED) is 0.416. The van der Waals surface area contributed by atoms with Crippen LogP contribution in [-0.4, -0.2) is 15.9 Å². The molecule has 1 N–H and O–H groups in total. The highest BCUT2D eigenvalue weighted by Gasteiger charge is 2.22. The highest BCUT2D eigenvalue weighted by atomic mass is 32.2. The molecule has 0 aliphatic heterocycles. The van der Waals surface area contributed by atoms with Gasteiger partial charge in [-0.25, -0.2) is 9.97 Å². The molecule has 5 nitrogen and oxygen atoms in total. The molecule has 0 fully saturated rings. The van der Waals surface area contributed by atoms with E-state index in [1.807, 2.05) is 50.4 Å². The summed E-state index contributed by atoms with van der Waals surface area (Å²) in [6.07, 6.45) is 0. The van der Waals surface area contributed by atoms with Crippen molar-refractivity contribution >= 4 is 56.4 Å². The fraction of sp³-hybridized carbons (Fsp3) is 0.211. The summed E-state index contributed by atoms with van der Waals surface area (Å²) in [6, 6.07) is 7.72. The monoisotopic (exact) mass is 415 g/mol. The zero-order chi connectivity index (χ0) is 19.0. The fourth-order valence-corrected chi connectivity index (χ4v) is 5.32. The van der Waals surface area contributed by atoms with Gasteiger partial charge < -0.3 is 4.42 Å². The lowest BCUT2D eigenvalue weighted by atomic mass is 10.1. The molecule has 0 aliphatic rings. The molecule has 1 amide bonds. The smallest absolute Gasteiger partial charge is 0.293 e. The number of nitrogens with one attached hydrogen (secondary N) is 1. The van der Waals surface area contributed by atoms with E-state index in [1.165, 1.54) is 11.3 Å². The average molecular weight is 416 g/mol. The van der Waals surface area contributed by atoms with Crippen LogP contribution in [0.25, 0.3) is 11.0 Å². The maximum absolute atomic E-state index is 12.9. The Morgan fingerprint density at radius 3 is 2.74 bits per heavy atom. The molecule has 3 aromatic heterocycles. The summed E-state index contributed by atoms with van der Waals surface area (Å²) in [4.78, 5) is 22.8. The predicted octanol–water partition coefficient (Wildman–Crippen LogP) is 5.82. The molecule has 0 saturated heterocycles. The van der Waals surface area contributed by atoms with Gasteiger partial charge in [0.15, 0.2) is 10.9 Å². The van der Waals surface area contributed by atoms with Crippen LogP contribution >= 0.6 is 34.4 Å². The minimum absolute atomic E-state index is 0.272. The Bertz CT molecular complexity index is 1110. The van der Waals surface area contributed by atoms with Gasteiger partial charge in [0.25, 0.3) is 5.91 Å². The third-order valence-electron chi connectivity index (χ3n) is 4.09. The standard InChI is InChI=1S/C19H17N3O2S3/c1-10-8-25-19(20-10)26-9-14-13-6-4-5-7-15(13)24-16(14)17(23)22-18-21-11(2)12(3)27-18/h4-8H,9H2,1-3H3,(H,21,22,23). The zero-order valence-corrected chi connectivity index (χ0v) is 17.5. The molecule has 8 heteroatoms. The van der Waals surface area contributed by atoms with Gasteiger partial charge in [0, 0.05) is 32.7 Å². The third kappa shape index (κ3) is 3.78. The van der Waals surface area contributed by atoms with Gasteiger partial charge in [-0.3, -0.25) is 10.1 Å². The number of fused-ring (bicyclic) bond motifs is 1. The average Bonchev–Trinajstić information content (AvgIpc) is 3.31. The Labute approximate surface area is 168 Å². The highest BCUT2D eigenvalue weighted by Crippen LogP contribution is 2.34. The largest absolute Gasteiger partial charge is 0.451 e.